The molecule has 0 radical (unpaired) electrons. The van der Waals surface area contributed by atoms with Gasteiger partial charge in [0.05, 0.1) is 25.4 Å². The van der Waals surface area contributed by atoms with E-state index in [1.165, 1.54) is 14.2 Å². The fraction of sp³-hybridized carbons (Fsp3) is 0.500. The quantitative estimate of drug-likeness (QED) is 0.571. The lowest BCUT2D eigenvalue weighted by molar-refractivity contribution is -0.141. The molecule has 0 saturated heterocycles. The summed E-state index contributed by atoms with van der Waals surface area (Å²) >= 11 is 0. The molecule has 106 valence electrons. The fourth-order valence-corrected chi connectivity index (χ4v) is 3.90. The van der Waals surface area contributed by atoms with Crippen LogP contribution < -0.4 is 0 Å². The van der Waals surface area contributed by atoms with E-state index in [0.29, 0.717) is 23.0 Å². The lowest BCUT2D eigenvalue weighted by atomic mass is 9.57. The normalized spacial score (nSPS) is 33.9. The molecule has 4 atom stereocenters. The molecule has 0 fully saturated rings. The molecule has 0 N–H and O–H groups in total. The summed E-state index contributed by atoms with van der Waals surface area (Å²) < 4.78 is 9.78. The van der Waals surface area contributed by atoms with Gasteiger partial charge in [0.25, 0.3) is 0 Å². The van der Waals surface area contributed by atoms with Crippen LogP contribution in [0.1, 0.15) is 12.8 Å². The Labute approximate surface area is 118 Å². The summed E-state index contributed by atoms with van der Waals surface area (Å²) in [5, 5.41) is 0. The van der Waals surface area contributed by atoms with E-state index < -0.39 is 11.9 Å². The van der Waals surface area contributed by atoms with Gasteiger partial charge in [0.2, 0.25) is 0 Å². The van der Waals surface area contributed by atoms with Gasteiger partial charge < -0.3 is 9.47 Å². The van der Waals surface area contributed by atoms with Gasteiger partial charge in [-0.2, -0.15) is 0 Å². The topological polar surface area (TPSA) is 52.6 Å². The second-order valence-corrected chi connectivity index (χ2v) is 5.52. The third-order valence-corrected chi connectivity index (χ3v) is 4.75. The van der Waals surface area contributed by atoms with Crippen molar-refractivity contribution < 1.29 is 19.1 Å². The van der Waals surface area contributed by atoms with Crippen molar-refractivity contribution >= 4 is 11.9 Å². The maximum Gasteiger partial charge on any atom is 0.334 e. The minimum atomic E-state index is -0.405. The number of carbonyl (C=O) groups is 2. The maximum absolute atomic E-state index is 12.1. The molecule has 0 aliphatic heterocycles. The Bertz CT molecular complexity index is 495. The molecule has 0 aromatic heterocycles. The van der Waals surface area contributed by atoms with Gasteiger partial charge >= 0.3 is 11.9 Å². The number of esters is 2. The van der Waals surface area contributed by atoms with Crippen molar-refractivity contribution in [2.75, 3.05) is 14.2 Å². The number of carbonyl (C=O) groups excluding carboxylic acids is 2. The molecule has 0 aromatic rings. The van der Waals surface area contributed by atoms with Crippen molar-refractivity contribution in [2.24, 2.45) is 23.7 Å². The summed E-state index contributed by atoms with van der Waals surface area (Å²) in [6.45, 7) is 0. The number of hydrogen-bond donors (Lipinski definition) is 0. The summed E-state index contributed by atoms with van der Waals surface area (Å²) in [5.41, 5.74) is 1.01. The average Bonchev–Trinajstić information content (AvgIpc) is 2.53. The molecule has 0 unspecified atom stereocenters. The largest absolute Gasteiger partial charge is 0.466 e. The number of allylic oxidation sites excluding steroid dienone is 4. The highest BCUT2D eigenvalue weighted by Crippen LogP contribution is 2.52. The molecule has 0 spiro atoms. The fourth-order valence-electron chi connectivity index (χ4n) is 3.90. The molecule has 0 aromatic carbocycles. The van der Waals surface area contributed by atoms with Crippen LogP contribution in [0.25, 0.3) is 0 Å². The van der Waals surface area contributed by atoms with E-state index in [9.17, 15) is 9.59 Å². The van der Waals surface area contributed by atoms with E-state index in [1.807, 2.05) is 0 Å². The third kappa shape index (κ3) is 1.74. The summed E-state index contributed by atoms with van der Waals surface area (Å²) in [7, 11) is 2.71. The van der Waals surface area contributed by atoms with E-state index in [2.05, 4.69) is 24.3 Å². The Kier molecular flexibility index (Phi) is 3.24. The minimum absolute atomic E-state index is 0.0310. The van der Waals surface area contributed by atoms with E-state index in [4.69, 9.17) is 9.47 Å². The molecule has 0 heterocycles. The van der Waals surface area contributed by atoms with Crippen LogP contribution in [0.4, 0.5) is 0 Å². The zero-order valence-corrected chi connectivity index (χ0v) is 11.7. The molecule has 0 amide bonds. The van der Waals surface area contributed by atoms with Crippen LogP contribution in [0, 0.1) is 23.7 Å². The predicted octanol–water partition coefficient (Wildman–Crippen LogP) is 2.03. The van der Waals surface area contributed by atoms with Gasteiger partial charge in [0, 0.05) is 11.8 Å². The Morgan fingerprint density at radius 2 is 1.30 bits per heavy atom. The van der Waals surface area contributed by atoms with Gasteiger partial charge in [0.15, 0.2) is 0 Å². The van der Waals surface area contributed by atoms with Crippen LogP contribution in [0.3, 0.4) is 0 Å². The Balaban J connectivity index is 2.10. The van der Waals surface area contributed by atoms with Crippen LogP contribution in [0.2, 0.25) is 0 Å². The Hall–Kier alpha value is -1.84. The second kappa shape index (κ2) is 4.93. The number of rotatable bonds is 2. The zero-order valence-electron chi connectivity index (χ0n) is 11.7. The summed E-state index contributed by atoms with van der Waals surface area (Å²) in [6.07, 6.45) is 10.4. The minimum Gasteiger partial charge on any atom is -0.466 e. The van der Waals surface area contributed by atoms with Crippen molar-refractivity contribution in [3.8, 4) is 0 Å². The first-order chi connectivity index (χ1) is 9.69. The van der Waals surface area contributed by atoms with Gasteiger partial charge in [-0.1, -0.05) is 24.3 Å². The summed E-state index contributed by atoms with van der Waals surface area (Å²) in [5.74, 6) is -0.0986. The van der Waals surface area contributed by atoms with Crippen LogP contribution in [0.5, 0.6) is 0 Å². The van der Waals surface area contributed by atoms with Gasteiger partial charge in [-0.15, -0.1) is 0 Å². The van der Waals surface area contributed by atoms with E-state index in [1.54, 1.807) is 0 Å². The van der Waals surface area contributed by atoms with Gasteiger partial charge in [-0.3, -0.25) is 0 Å². The number of ether oxygens (including phenoxy) is 2. The first-order valence-electron chi connectivity index (χ1n) is 6.93. The summed E-state index contributed by atoms with van der Waals surface area (Å²) in [4.78, 5) is 24.2. The standard InChI is InChI=1S/C16H18O4/c1-19-15(17)13-11-7-8-12(14(13)16(18)20-2)10-6-4-3-5-9(10)11/h3-4,7-12H,5-6H2,1-2H3/t9-,10+,11-,12+. The van der Waals surface area contributed by atoms with E-state index in [0.717, 1.165) is 12.8 Å². The lowest BCUT2D eigenvalue weighted by Crippen LogP contribution is -2.43. The Morgan fingerprint density at radius 3 is 1.65 bits per heavy atom. The predicted molar refractivity (Wildman–Crippen MR) is 72.5 cm³/mol. The SMILES string of the molecule is COC(=O)C1=C(C(=O)OC)[C@@H]2C=C[C@H]1[C@H]1CC=CC[C@H]12. The first-order valence-corrected chi connectivity index (χ1v) is 6.93. The average molecular weight is 274 g/mol. The molecule has 20 heavy (non-hydrogen) atoms. The van der Waals surface area contributed by atoms with Crippen molar-refractivity contribution in [3.63, 3.8) is 0 Å². The molecule has 0 saturated carbocycles. The second-order valence-electron chi connectivity index (χ2n) is 5.52. The van der Waals surface area contributed by atoms with Gasteiger partial charge in [0.1, 0.15) is 0 Å². The highest BCUT2D eigenvalue weighted by atomic mass is 16.5. The number of methoxy groups -OCH3 is 2. The summed E-state index contributed by atoms with van der Waals surface area (Å²) in [6, 6.07) is 0. The van der Waals surface area contributed by atoms with E-state index >= 15 is 0 Å². The van der Waals surface area contributed by atoms with Crippen molar-refractivity contribution in [3.05, 3.63) is 35.5 Å². The lowest BCUT2D eigenvalue weighted by Gasteiger charge is -2.46. The van der Waals surface area contributed by atoms with Crippen molar-refractivity contribution in [2.45, 2.75) is 12.8 Å². The third-order valence-electron chi connectivity index (χ3n) is 4.75. The molecule has 2 bridgehead atoms. The van der Waals surface area contributed by atoms with Crippen LogP contribution >= 0.6 is 0 Å². The highest BCUT2D eigenvalue weighted by Gasteiger charge is 2.49. The molecule has 4 aliphatic carbocycles. The van der Waals surface area contributed by atoms with Crippen LogP contribution in [0.15, 0.2) is 35.5 Å². The monoisotopic (exact) mass is 274 g/mol. The van der Waals surface area contributed by atoms with Crippen molar-refractivity contribution in [1.82, 2.24) is 0 Å². The van der Waals surface area contributed by atoms with Gasteiger partial charge in [-0.05, 0) is 24.7 Å². The molecule has 4 heteroatoms. The smallest absolute Gasteiger partial charge is 0.334 e. The van der Waals surface area contributed by atoms with Crippen molar-refractivity contribution in [1.29, 1.82) is 0 Å². The highest BCUT2D eigenvalue weighted by molar-refractivity contribution is 6.02. The zero-order chi connectivity index (χ0) is 14.3. The maximum atomic E-state index is 12.1. The van der Waals surface area contributed by atoms with Gasteiger partial charge in [-0.25, -0.2) is 9.59 Å². The molecule has 4 nitrogen and oxygen atoms in total. The molecular weight excluding hydrogens is 256 g/mol. The van der Waals surface area contributed by atoms with Crippen LogP contribution in [-0.2, 0) is 19.1 Å². The Morgan fingerprint density at radius 1 is 0.900 bits per heavy atom. The number of hydrogen-bond acceptors (Lipinski definition) is 4. The molecule has 4 rings (SSSR count). The van der Waals surface area contributed by atoms with Crippen LogP contribution in [-0.4, -0.2) is 26.2 Å². The first kappa shape index (κ1) is 13.2. The molecular formula is C16H18O4. The molecule has 4 aliphatic rings. The van der Waals surface area contributed by atoms with E-state index in [-0.39, 0.29) is 11.8 Å².